The standard InChI is InChI=1S/C30H90BrN5Si15/c1-37(2,3)32(38(4,5)6)47(31)48(33(39(7,8)9)40(10,11)12)50(35(43(19,20)21)44(22,23)24)49(47,34(41(13,14)15)42(16,17)18)51(48,50)36(45(25,26)27)46(28,29)30/h1-30H3. The van der Waals surface area contributed by atoms with E-state index in [0.717, 1.165) is 0 Å². The molecule has 0 atom stereocenters. The van der Waals surface area contributed by atoms with Gasteiger partial charge in [0.15, 0.2) is 5.89 Å². The molecule has 0 N–H and O–H groups in total. The van der Waals surface area contributed by atoms with Gasteiger partial charge in [0.1, 0.15) is 110 Å². The molecule has 5 nitrogen and oxygen atoms in total. The first-order valence-corrected chi connectivity index (χ1v) is 73.8. The first kappa shape index (κ1) is 48.9. The van der Waals surface area contributed by atoms with Gasteiger partial charge in [0, 0.05) is 0 Å². The van der Waals surface area contributed by atoms with Crippen molar-refractivity contribution in [3.8, 4) is 0 Å². The maximum Gasteiger partial charge on any atom is 0.192 e. The molecule has 4 fully saturated rings. The molecule has 21 heteroatoms. The van der Waals surface area contributed by atoms with E-state index in [-0.39, 0.29) is 0 Å². The van der Waals surface area contributed by atoms with Crippen LogP contribution in [-0.4, -0.2) is 135 Å². The van der Waals surface area contributed by atoms with E-state index in [9.17, 15) is 0 Å². The van der Waals surface area contributed by atoms with Crippen LogP contribution in [0.4, 0.5) is 0 Å². The maximum absolute atomic E-state index is 5.64. The molecule has 0 spiro atoms. The Hall–Kier alpha value is 3.53. The van der Waals surface area contributed by atoms with Gasteiger partial charge in [0.2, 0.25) is 0 Å². The molecule has 0 radical (unpaired) electrons. The first-order chi connectivity index (χ1) is 21.6. The fourth-order valence-electron chi connectivity index (χ4n) is 14.8. The molecule has 4 aliphatic heterocycles. The third kappa shape index (κ3) is 6.11. The van der Waals surface area contributed by atoms with Gasteiger partial charge in [0.05, 0.1) is 0 Å². The van der Waals surface area contributed by atoms with Gasteiger partial charge < -0.3 is 19.5 Å². The number of halogens is 1. The molecule has 2 bridgehead atoms. The molecule has 4 saturated heterocycles. The van der Waals surface area contributed by atoms with E-state index in [0.29, 0.717) is 0 Å². The summed E-state index contributed by atoms with van der Waals surface area (Å²) in [7, 11) is -17.2. The molecule has 51 heavy (non-hydrogen) atoms. The minimum absolute atomic E-state index is 1.71. The highest BCUT2D eigenvalue weighted by molar-refractivity contribution is 9.35. The number of hydrogen-bond donors (Lipinski definition) is 0. The second kappa shape index (κ2) is 12.5. The lowest BCUT2D eigenvalue weighted by Gasteiger charge is -2.83. The Morgan fingerprint density at radius 2 is 0.333 bits per heavy atom. The average molecular weight is 1020 g/mol. The number of hydrogen-bond acceptors (Lipinski definition) is 5. The van der Waals surface area contributed by atoms with Crippen LogP contribution in [0.15, 0.2) is 0 Å². The van der Waals surface area contributed by atoms with Crippen molar-refractivity contribution in [1.82, 2.24) is 19.5 Å². The van der Waals surface area contributed by atoms with Crippen LogP contribution in [0, 0.1) is 0 Å². The Kier molecular flexibility index (Phi) is 12.0. The fraction of sp³-hybridized carbons (Fsp3) is 1.00. The van der Waals surface area contributed by atoms with E-state index < -0.39 is 115 Å². The lowest BCUT2D eigenvalue weighted by atomic mass is 11.8. The predicted molar refractivity (Wildman–Crippen MR) is 280 cm³/mol. The van der Waals surface area contributed by atoms with Crippen LogP contribution in [0.25, 0.3) is 0 Å². The van der Waals surface area contributed by atoms with Crippen LogP contribution >= 0.6 is 15.3 Å². The molecule has 0 aromatic heterocycles. The topological polar surface area (TPSA) is 16.2 Å². The molecule has 4 rings (SSSR count). The molecule has 302 valence electrons. The molecule has 0 unspecified atom stereocenters. The highest BCUT2D eigenvalue weighted by Crippen LogP contribution is 2.97. The van der Waals surface area contributed by atoms with Crippen LogP contribution < -0.4 is 0 Å². The fourth-order valence-corrected chi connectivity index (χ4v) is 695. The normalized spacial score (nSPS) is 32.7. The molecule has 0 amide bonds. The quantitative estimate of drug-likeness (QED) is 0.120. The molecule has 0 aromatic carbocycles. The minimum Gasteiger partial charge on any atom is -0.372 e. The predicted octanol–water partition coefficient (Wildman–Crippen LogP) is 11.1. The SMILES string of the molecule is C[Si](C)(C)N([Si](C)(C)C)[Si]1(Br)[Si]2(N([Si](C)(C)C)[Si](C)(C)C)[Si]3(N([Si](C)(C)C)[Si](C)(C)C)[Si]1(N([Si](C)(C)C)[Si](C)(C)C)[Si]23N([Si](C)(C)C)[Si](C)(C)C. The Bertz CT molecular complexity index is 1210. The van der Waals surface area contributed by atoms with Crippen molar-refractivity contribution in [2.24, 2.45) is 0 Å². The van der Waals surface area contributed by atoms with E-state index in [1.54, 1.807) is 0 Å². The van der Waals surface area contributed by atoms with Gasteiger partial charge in [0.25, 0.3) is 0 Å². The van der Waals surface area contributed by atoms with Gasteiger partial charge in [-0.2, -0.15) is 0 Å². The summed E-state index contributed by atoms with van der Waals surface area (Å²) in [6.07, 6.45) is 0. The third-order valence-electron chi connectivity index (χ3n) is 11.8. The lowest BCUT2D eigenvalue weighted by Crippen LogP contribution is -3.17. The summed E-state index contributed by atoms with van der Waals surface area (Å²) in [4.78, 5) is 0. The van der Waals surface area contributed by atoms with Crippen molar-refractivity contribution < 1.29 is 0 Å². The first-order valence-electron chi connectivity index (χ1n) is 20.3. The summed E-state index contributed by atoms with van der Waals surface area (Å²) in [5.41, 5.74) is 0. The highest BCUT2D eigenvalue weighted by atomic mass is 79.9. The number of rotatable bonds is 15. The Labute approximate surface area is 343 Å². The summed E-state index contributed by atoms with van der Waals surface area (Å²) >= 11 is 5.64. The zero-order valence-electron chi connectivity index (χ0n) is 40.1. The number of nitrogens with zero attached hydrogens (tertiary/aromatic N) is 5. The zero-order valence-corrected chi connectivity index (χ0v) is 56.7. The molecule has 4 heterocycles. The van der Waals surface area contributed by atoms with Crippen LogP contribution in [0.3, 0.4) is 0 Å². The largest absolute Gasteiger partial charge is 0.372 e. The molecular weight excluding hydrogens is 932 g/mol. The summed E-state index contributed by atoms with van der Waals surface area (Å²) < 4.78 is 19.1. The van der Waals surface area contributed by atoms with E-state index >= 15 is 0 Å². The molecule has 0 aliphatic carbocycles. The van der Waals surface area contributed by atoms with E-state index in [1.807, 2.05) is 0 Å². The summed E-state index contributed by atoms with van der Waals surface area (Å²) in [5.74, 6) is -2.15. The van der Waals surface area contributed by atoms with Crippen molar-refractivity contribution in [2.75, 3.05) is 0 Å². The molecular formula is C30H90BrN5Si15. The Morgan fingerprint density at radius 1 is 0.216 bits per heavy atom. The van der Waals surface area contributed by atoms with Gasteiger partial charge in [-0.3, -0.25) is 0 Å². The summed E-state index contributed by atoms with van der Waals surface area (Å²) in [6.45, 7) is 77.8. The molecule has 4 aliphatic rings. The average Bonchev–Trinajstić information content (AvgIpc) is 3.38. The van der Waals surface area contributed by atoms with Crippen LogP contribution in [0.2, 0.25) is 196 Å². The lowest BCUT2D eigenvalue weighted by molar-refractivity contribution is 0.856. The second-order valence-corrected chi connectivity index (χ2v) is 148. The van der Waals surface area contributed by atoms with E-state index in [2.05, 4.69) is 216 Å². The summed E-state index contributed by atoms with van der Waals surface area (Å²) in [6, 6.07) is 0. The van der Waals surface area contributed by atoms with E-state index in [4.69, 9.17) is 15.3 Å². The third-order valence-corrected chi connectivity index (χ3v) is 277. The highest BCUT2D eigenvalue weighted by Gasteiger charge is 3.39. The van der Waals surface area contributed by atoms with Gasteiger partial charge in [-0.15, -0.1) is 15.3 Å². The van der Waals surface area contributed by atoms with Gasteiger partial charge in [-0.1, -0.05) is 196 Å². The molecule has 0 saturated carbocycles. The van der Waals surface area contributed by atoms with Gasteiger partial charge in [-0.05, 0) is 0 Å². The van der Waals surface area contributed by atoms with Crippen molar-refractivity contribution in [1.29, 1.82) is 0 Å². The minimum atomic E-state index is -2.15. The Morgan fingerprint density at radius 3 is 0.451 bits per heavy atom. The van der Waals surface area contributed by atoms with E-state index in [1.165, 1.54) is 0 Å². The Balaban J connectivity index is 3.05. The van der Waals surface area contributed by atoms with Crippen molar-refractivity contribution in [3.63, 3.8) is 0 Å². The second-order valence-electron chi connectivity index (χ2n) is 26.8. The van der Waals surface area contributed by atoms with Gasteiger partial charge in [-0.25, -0.2) is 0 Å². The zero-order chi connectivity index (χ0) is 41.4. The van der Waals surface area contributed by atoms with Crippen molar-refractivity contribution in [2.45, 2.75) is 196 Å². The maximum atomic E-state index is 5.64. The molecule has 0 aromatic rings. The summed E-state index contributed by atoms with van der Waals surface area (Å²) in [5, 5.41) is 0. The van der Waals surface area contributed by atoms with Crippen molar-refractivity contribution in [3.05, 3.63) is 0 Å². The van der Waals surface area contributed by atoms with Gasteiger partial charge >= 0.3 is 0 Å². The smallest absolute Gasteiger partial charge is 0.192 e. The monoisotopic (exact) mass is 1020 g/mol. The van der Waals surface area contributed by atoms with Crippen molar-refractivity contribution >= 4 is 131 Å². The van der Waals surface area contributed by atoms with Crippen LogP contribution in [0.1, 0.15) is 0 Å². The van der Waals surface area contributed by atoms with Crippen LogP contribution in [0.5, 0.6) is 0 Å². The van der Waals surface area contributed by atoms with Crippen LogP contribution in [-0.2, 0) is 0 Å².